The number of rotatable bonds is 20. The van der Waals surface area contributed by atoms with Crippen molar-refractivity contribution < 1.29 is 57.6 Å². The van der Waals surface area contributed by atoms with Gasteiger partial charge >= 0.3 is 7.82 Å². The number of aliphatic hydroxyl groups is 3. The Morgan fingerprint density at radius 2 is 1.84 bits per heavy atom. The predicted molar refractivity (Wildman–Crippen MR) is 165 cm³/mol. The van der Waals surface area contributed by atoms with E-state index >= 15 is 0 Å². The number of unbranched alkanes of at least 4 members (excludes halogenated alkanes) is 3. The molecular formula is C27H48BN2O12PS. The highest BCUT2D eigenvalue weighted by Gasteiger charge is 2.46. The van der Waals surface area contributed by atoms with Crippen LogP contribution in [0.1, 0.15) is 51.9 Å². The minimum Gasteiger partial charge on any atom is -0.394 e. The van der Waals surface area contributed by atoms with Gasteiger partial charge in [0.2, 0.25) is 5.91 Å². The number of thiocarbonyl (C=S) groups is 1. The number of carbonyl (C=O) groups excluding carboxylic acids is 1. The van der Waals surface area contributed by atoms with Crippen LogP contribution in [-0.2, 0) is 37.4 Å². The first-order valence-electron chi connectivity index (χ1n) is 14.8. The van der Waals surface area contributed by atoms with Gasteiger partial charge in [-0.15, -0.1) is 0 Å². The zero-order valence-corrected chi connectivity index (χ0v) is 27.3. The normalized spacial score (nSPS) is 32.0. The molecule has 0 aliphatic carbocycles. The van der Waals surface area contributed by atoms with Crippen LogP contribution in [0.2, 0.25) is 0 Å². The largest absolute Gasteiger partial charge is 0.472 e. The molecule has 0 aromatic carbocycles. The molecule has 44 heavy (non-hydrogen) atoms. The van der Waals surface area contributed by atoms with Crippen LogP contribution in [0.3, 0.4) is 0 Å². The van der Waals surface area contributed by atoms with E-state index in [2.05, 4.69) is 15.2 Å². The highest BCUT2D eigenvalue weighted by Crippen LogP contribution is 2.48. The molecule has 14 nitrogen and oxygen atoms in total. The van der Waals surface area contributed by atoms with Crippen molar-refractivity contribution in [1.29, 1.82) is 0 Å². The fraction of sp³-hybridized carbons (Fsp3) is 0.852. The molecule has 2 aliphatic rings. The van der Waals surface area contributed by atoms with Crippen molar-refractivity contribution in [2.24, 2.45) is 5.92 Å². The van der Waals surface area contributed by atoms with Crippen molar-refractivity contribution in [2.45, 2.75) is 101 Å². The smallest absolute Gasteiger partial charge is 0.394 e. The number of phosphoric acid groups is 1. The molecule has 252 valence electrons. The number of hydrogen-bond acceptors (Lipinski definition) is 12. The number of aliphatic hydroxyl groups excluding tert-OH is 3. The fourth-order valence-corrected chi connectivity index (χ4v) is 5.96. The number of allylic oxidation sites excluding steroid dienone is 2. The number of nitrogens with one attached hydrogen (secondary N) is 2. The summed E-state index contributed by atoms with van der Waals surface area (Å²) in [7, 11) is 4.49. The maximum Gasteiger partial charge on any atom is 0.472 e. The minimum atomic E-state index is -4.22. The lowest BCUT2D eigenvalue weighted by Crippen LogP contribution is -2.64. The lowest BCUT2D eigenvalue weighted by Gasteiger charge is -2.42. The maximum absolute atomic E-state index is 12.0. The zero-order chi connectivity index (χ0) is 32.7. The molecule has 2 fully saturated rings. The number of phosphoric ester groups is 1. The Hall–Kier alpha value is -1.01. The Labute approximate surface area is 266 Å². The van der Waals surface area contributed by atoms with Gasteiger partial charge in [-0.25, -0.2) is 4.57 Å². The summed E-state index contributed by atoms with van der Waals surface area (Å²) in [5.41, 5.74) is 0. The lowest BCUT2D eigenvalue weighted by atomic mass is 9.82. The Morgan fingerprint density at radius 3 is 2.50 bits per heavy atom. The van der Waals surface area contributed by atoms with Crippen molar-refractivity contribution in [3.8, 4) is 0 Å². The summed E-state index contributed by atoms with van der Waals surface area (Å²) in [4.78, 5) is 22.0. The van der Waals surface area contributed by atoms with Crippen LogP contribution in [-0.4, -0.2) is 128 Å². The monoisotopic (exact) mass is 666 g/mol. The van der Waals surface area contributed by atoms with Crippen LogP contribution in [0.25, 0.3) is 0 Å². The van der Waals surface area contributed by atoms with Gasteiger partial charge < -0.3 is 49.8 Å². The summed E-state index contributed by atoms with van der Waals surface area (Å²) in [6.45, 7) is 1.97. The number of carbonyl (C=O) groups is 1. The number of hydrogen-bond donors (Lipinski definition) is 6. The molecular weight excluding hydrogens is 618 g/mol. The average molecular weight is 667 g/mol. The molecule has 1 amide bonds. The minimum absolute atomic E-state index is 0.170. The molecule has 0 bridgehead atoms. The van der Waals surface area contributed by atoms with E-state index in [1.165, 1.54) is 14.0 Å². The summed E-state index contributed by atoms with van der Waals surface area (Å²) in [6, 6.07) is -1.63. The van der Waals surface area contributed by atoms with Gasteiger partial charge in [0.15, 0.2) is 6.29 Å². The van der Waals surface area contributed by atoms with Crippen molar-refractivity contribution in [3.63, 3.8) is 0 Å². The third-order valence-electron chi connectivity index (χ3n) is 7.38. The molecule has 2 unspecified atom stereocenters. The third kappa shape index (κ3) is 13.0. The molecule has 2 aliphatic heterocycles. The first-order chi connectivity index (χ1) is 20.9. The summed E-state index contributed by atoms with van der Waals surface area (Å²) < 4.78 is 44.0. The van der Waals surface area contributed by atoms with Crippen molar-refractivity contribution >= 4 is 38.8 Å². The Kier molecular flexibility index (Phi) is 18.1. The van der Waals surface area contributed by atoms with Gasteiger partial charge in [0.05, 0.1) is 18.2 Å². The van der Waals surface area contributed by atoms with E-state index in [1.54, 1.807) is 0 Å². The highest BCUT2D eigenvalue weighted by molar-refractivity contribution is 7.80. The van der Waals surface area contributed by atoms with Crippen LogP contribution >= 0.6 is 20.0 Å². The highest BCUT2D eigenvalue weighted by atomic mass is 32.1. The molecule has 10 atom stereocenters. The SMILES string of the molecule is [B][C@@H]1O[C@H](COC)C(OP(=O)(O)OC)[C@@H]1C/C=C/CCCCNC(=S)CCCCO[C@@H]1O[C@H](CO)[C@H](O)[C@H](O)[C@H]1NC(C)=O. The van der Waals surface area contributed by atoms with Crippen molar-refractivity contribution in [1.82, 2.24) is 10.6 Å². The second kappa shape index (κ2) is 20.3. The summed E-state index contributed by atoms with van der Waals surface area (Å²) in [6.07, 6.45) is 3.22. The predicted octanol–water partition coefficient (Wildman–Crippen LogP) is 0.439. The zero-order valence-electron chi connectivity index (χ0n) is 25.6. The molecule has 17 heteroatoms. The van der Waals surface area contributed by atoms with Crippen LogP contribution in [0, 0.1) is 5.92 Å². The Bertz CT molecular complexity index is 953. The lowest BCUT2D eigenvalue weighted by molar-refractivity contribution is -0.270. The second-order valence-electron chi connectivity index (χ2n) is 10.8. The van der Waals surface area contributed by atoms with Gasteiger partial charge in [-0.2, -0.15) is 0 Å². The molecule has 0 spiro atoms. The second-order valence-corrected chi connectivity index (χ2v) is 12.8. The number of ether oxygens (including phenoxy) is 4. The van der Waals surface area contributed by atoms with Gasteiger partial charge in [0, 0.05) is 46.2 Å². The Balaban J connectivity index is 1.61. The quantitative estimate of drug-likeness (QED) is 0.0345. The number of amides is 1. The standard InChI is InChI=1S/C27H48BN2O12PS/c1-17(32)30-22-24(34)23(33)19(15-31)41-27(22)39-14-10-8-12-21(44)29-13-9-6-4-5-7-11-18-25(42-43(35,36)38-3)20(16-37-2)40-26(18)28/h5,7,18-20,22-27,31,33-34H,4,6,8-16H2,1-3H3,(H,29,44)(H,30,32)(H,35,36)/b7-5+/t18-,19+,20+,22+,23-,24+,25?,26+,27+/m0/s1. The third-order valence-corrected chi connectivity index (χ3v) is 8.70. The van der Waals surface area contributed by atoms with E-state index in [0.29, 0.717) is 19.3 Å². The topological polar surface area (TPSA) is 194 Å². The van der Waals surface area contributed by atoms with Gasteiger partial charge in [-0.05, 0) is 44.9 Å². The van der Waals surface area contributed by atoms with E-state index in [1.807, 2.05) is 12.2 Å². The molecule has 6 N–H and O–H groups in total. The van der Waals surface area contributed by atoms with E-state index in [0.717, 1.165) is 44.3 Å². The molecule has 0 aromatic heterocycles. The van der Waals surface area contributed by atoms with Gasteiger partial charge in [0.1, 0.15) is 44.4 Å². The fourth-order valence-electron chi connectivity index (χ4n) is 5.03. The summed E-state index contributed by atoms with van der Waals surface area (Å²) >= 11 is 5.41. The molecule has 2 heterocycles. The summed E-state index contributed by atoms with van der Waals surface area (Å²) in [5.74, 6) is -0.741. The van der Waals surface area contributed by atoms with Crippen molar-refractivity contribution in [3.05, 3.63) is 12.2 Å². The van der Waals surface area contributed by atoms with Crippen LogP contribution in [0.5, 0.6) is 0 Å². The molecule has 0 saturated carbocycles. The first kappa shape index (κ1) is 39.2. The van der Waals surface area contributed by atoms with Crippen molar-refractivity contribution in [2.75, 3.05) is 40.6 Å². The van der Waals surface area contributed by atoms with Gasteiger partial charge in [-0.1, -0.05) is 24.4 Å². The van der Waals surface area contributed by atoms with E-state index < -0.39 is 69.2 Å². The molecule has 2 saturated heterocycles. The maximum atomic E-state index is 12.0. The first-order valence-corrected chi connectivity index (χ1v) is 16.7. The summed E-state index contributed by atoms with van der Waals surface area (Å²) in [5, 5.41) is 35.6. The van der Waals surface area contributed by atoms with Gasteiger partial charge in [-0.3, -0.25) is 13.8 Å². The van der Waals surface area contributed by atoms with E-state index in [-0.39, 0.29) is 19.1 Å². The van der Waals surface area contributed by atoms with Crippen LogP contribution in [0.4, 0.5) is 0 Å². The number of methoxy groups -OCH3 is 1. The van der Waals surface area contributed by atoms with Crippen LogP contribution in [0.15, 0.2) is 12.2 Å². The molecule has 0 aromatic rings. The average Bonchev–Trinajstić information content (AvgIpc) is 3.25. The van der Waals surface area contributed by atoms with E-state index in [9.17, 15) is 29.6 Å². The Morgan fingerprint density at radius 1 is 1.09 bits per heavy atom. The molecule has 2 rings (SSSR count). The van der Waals surface area contributed by atoms with E-state index in [4.69, 9.17) is 43.5 Å². The van der Waals surface area contributed by atoms with Crippen LogP contribution < -0.4 is 10.6 Å². The molecule has 2 radical (unpaired) electrons. The van der Waals surface area contributed by atoms with Gasteiger partial charge in [0.25, 0.3) is 0 Å².